The highest BCUT2D eigenvalue weighted by Crippen LogP contribution is 2.35. The second-order valence-electron chi connectivity index (χ2n) is 7.83. The number of nitrogens with one attached hydrogen (secondary N) is 1. The molecule has 1 amide bonds. The van der Waals surface area contributed by atoms with Gasteiger partial charge in [-0.2, -0.15) is 0 Å². The van der Waals surface area contributed by atoms with Gasteiger partial charge in [0.2, 0.25) is 5.91 Å². The lowest BCUT2D eigenvalue weighted by Gasteiger charge is -2.11. The monoisotopic (exact) mass is 415 g/mol. The Morgan fingerprint density at radius 1 is 0.800 bits per heavy atom. The number of hydrogen-bond acceptors (Lipinski definition) is 3. The third-order valence-electron chi connectivity index (χ3n) is 5.76. The highest BCUT2D eigenvalue weighted by atomic mass is 32.2. The van der Waals surface area contributed by atoms with Crippen molar-refractivity contribution in [2.24, 2.45) is 0 Å². The number of anilines is 1. The van der Waals surface area contributed by atoms with E-state index in [-0.39, 0.29) is 5.75 Å². The molecule has 0 aliphatic heterocycles. The Morgan fingerprint density at radius 3 is 2.37 bits per heavy atom. The average Bonchev–Trinajstić information content (AvgIpc) is 3.14. The normalized spacial score (nSPS) is 13.1. The molecule has 1 aliphatic carbocycles. The number of aryl methyl sites for hydroxylation is 2. The number of carbonyl (C=O) groups is 1. The summed E-state index contributed by atoms with van der Waals surface area (Å²) in [5.41, 5.74) is 3.94. The van der Waals surface area contributed by atoms with Crippen molar-refractivity contribution in [3.63, 3.8) is 0 Å². The molecule has 0 atom stereocenters. The molecule has 150 valence electrons. The smallest absolute Gasteiger partial charge is 0.239 e. The molecule has 1 aliphatic rings. The van der Waals surface area contributed by atoms with Gasteiger partial charge in [0, 0.05) is 11.1 Å². The van der Waals surface area contributed by atoms with E-state index in [2.05, 4.69) is 11.4 Å². The Balaban J connectivity index is 1.37. The van der Waals surface area contributed by atoms with Crippen LogP contribution in [0.15, 0.2) is 72.8 Å². The predicted molar refractivity (Wildman–Crippen MR) is 121 cm³/mol. The van der Waals surface area contributed by atoms with Gasteiger partial charge in [-0.3, -0.25) is 4.79 Å². The van der Waals surface area contributed by atoms with Crippen LogP contribution in [0, 0.1) is 0 Å². The van der Waals surface area contributed by atoms with Gasteiger partial charge < -0.3 is 5.32 Å². The zero-order valence-corrected chi connectivity index (χ0v) is 17.2. The van der Waals surface area contributed by atoms with E-state index in [4.69, 9.17) is 0 Å². The van der Waals surface area contributed by atoms with Crippen LogP contribution in [0.5, 0.6) is 0 Å². The number of hydrogen-bond donors (Lipinski definition) is 1. The number of benzene rings is 4. The lowest BCUT2D eigenvalue weighted by atomic mass is 10.0. The SMILES string of the molecule is O=C(CS(=O)(=O)Cc1cccc2ccccc12)Nc1ccc2c3c(cccc13)CC2. The van der Waals surface area contributed by atoms with Crippen molar-refractivity contribution < 1.29 is 13.2 Å². The van der Waals surface area contributed by atoms with Gasteiger partial charge in [0.25, 0.3) is 0 Å². The summed E-state index contributed by atoms with van der Waals surface area (Å²) in [6, 6.07) is 23.3. The van der Waals surface area contributed by atoms with E-state index in [0.717, 1.165) is 29.0 Å². The van der Waals surface area contributed by atoms with Crippen LogP contribution in [-0.4, -0.2) is 20.1 Å². The van der Waals surface area contributed by atoms with Crippen molar-refractivity contribution in [1.29, 1.82) is 0 Å². The summed E-state index contributed by atoms with van der Waals surface area (Å²) in [7, 11) is -3.61. The summed E-state index contributed by atoms with van der Waals surface area (Å²) in [6.07, 6.45) is 2.01. The van der Waals surface area contributed by atoms with E-state index < -0.39 is 21.5 Å². The Labute approximate surface area is 175 Å². The highest BCUT2D eigenvalue weighted by Gasteiger charge is 2.21. The summed E-state index contributed by atoms with van der Waals surface area (Å²) in [4.78, 5) is 12.6. The lowest BCUT2D eigenvalue weighted by molar-refractivity contribution is -0.113. The molecule has 30 heavy (non-hydrogen) atoms. The van der Waals surface area contributed by atoms with Crippen molar-refractivity contribution in [2.75, 3.05) is 11.1 Å². The van der Waals surface area contributed by atoms with Crippen LogP contribution in [0.2, 0.25) is 0 Å². The van der Waals surface area contributed by atoms with Gasteiger partial charge in [0.1, 0.15) is 5.75 Å². The van der Waals surface area contributed by atoms with Crippen LogP contribution >= 0.6 is 0 Å². The minimum atomic E-state index is -3.61. The number of rotatable bonds is 5. The topological polar surface area (TPSA) is 63.2 Å². The van der Waals surface area contributed by atoms with Crippen molar-refractivity contribution >= 4 is 43.0 Å². The Hall–Kier alpha value is -3.18. The van der Waals surface area contributed by atoms with Crippen LogP contribution < -0.4 is 5.32 Å². The molecule has 0 aromatic heterocycles. The largest absolute Gasteiger partial charge is 0.325 e. The van der Waals surface area contributed by atoms with Crippen LogP contribution in [0.25, 0.3) is 21.5 Å². The van der Waals surface area contributed by atoms with Crippen LogP contribution in [-0.2, 0) is 33.2 Å². The van der Waals surface area contributed by atoms with Crippen molar-refractivity contribution in [2.45, 2.75) is 18.6 Å². The fourth-order valence-corrected chi connectivity index (χ4v) is 5.75. The zero-order valence-electron chi connectivity index (χ0n) is 16.4. The maximum atomic E-state index is 12.8. The first kappa shape index (κ1) is 18.8. The summed E-state index contributed by atoms with van der Waals surface area (Å²) < 4.78 is 25.5. The van der Waals surface area contributed by atoms with Gasteiger partial charge in [-0.25, -0.2) is 8.42 Å². The van der Waals surface area contributed by atoms with Gasteiger partial charge in [-0.1, -0.05) is 66.7 Å². The maximum Gasteiger partial charge on any atom is 0.239 e. The molecule has 4 aromatic rings. The molecular weight excluding hydrogens is 394 g/mol. The van der Waals surface area contributed by atoms with Crippen molar-refractivity contribution in [3.05, 3.63) is 89.5 Å². The van der Waals surface area contributed by atoms with E-state index in [1.807, 2.05) is 60.7 Å². The van der Waals surface area contributed by atoms with Crippen molar-refractivity contribution in [1.82, 2.24) is 0 Å². The number of sulfone groups is 1. The minimum Gasteiger partial charge on any atom is -0.325 e. The quantitative estimate of drug-likeness (QED) is 0.516. The Bertz CT molecular complexity index is 1390. The fraction of sp³-hybridized carbons (Fsp3) is 0.160. The maximum absolute atomic E-state index is 12.8. The molecule has 5 rings (SSSR count). The van der Waals surface area contributed by atoms with Gasteiger partial charge in [-0.05, 0) is 51.8 Å². The molecule has 0 radical (unpaired) electrons. The van der Waals surface area contributed by atoms with Gasteiger partial charge >= 0.3 is 0 Å². The molecule has 4 nitrogen and oxygen atoms in total. The van der Waals surface area contributed by atoms with E-state index in [0.29, 0.717) is 11.3 Å². The van der Waals surface area contributed by atoms with Gasteiger partial charge in [0.05, 0.1) is 5.75 Å². The van der Waals surface area contributed by atoms with E-state index >= 15 is 0 Å². The van der Waals surface area contributed by atoms with Gasteiger partial charge in [0.15, 0.2) is 9.84 Å². The fourth-order valence-electron chi connectivity index (χ4n) is 4.45. The van der Waals surface area contributed by atoms with E-state index in [1.165, 1.54) is 16.5 Å². The second kappa shape index (κ2) is 7.26. The number of carbonyl (C=O) groups excluding carboxylic acids is 1. The third kappa shape index (κ3) is 3.46. The van der Waals surface area contributed by atoms with Crippen LogP contribution in [0.3, 0.4) is 0 Å². The van der Waals surface area contributed by atoms with Crippen LogP contribution in [0.1, 0.15) is 16.7 Å². The minimum absolute atomic E-state index is 0.161. The lowest BCUT2D eigenvalue weighted by Crippen LogP contribution is -2.24. The zero-order chi connectivity index (χ0) is 20.7. The Morgan fingerprint density at radius 2 is 1.50 bits per heavy atom. The molecule has 5 heteroatoms. The second-order valence-corrected chi connectivity index (χ2v) is 9.90. The van der Waals surface area contributed by atoms with Crippen molar-refractivity contribution in [3.8, 4) is 0 Å². The molecule has 0 spiro atoms. The number of amides is 1. The first-order valence-corrected chi connectivity index (χ1v) is 11.8. The molecule has 0 unspecified atom stereocenters. The molecule has 1 N–H and O–H groups in total. The number of fused-ring (bicyclic) bond motifs is 1. The first-order chi connectivity index (χ1) is 14.5. The van der Waals surface area contributed by atoms with Crippen LogP contribution in [0.4, 0.5) is 5.69 Å². The summed E-state index contributed by atoms with van der Waals surface area (Å²) in [5, 5.41) is 6.88. The predicted octanol–water partition coefficient (Wildman–Crippen LogP) is 4.65. The highest BCUT2D eigenvalue weighted by molar-refractivity contribution is 7.91. The standard InChI is InChI=1S/C25H21NO3S/c27-24(26-23-14-13-19-12-11-18-7-4-10-22(23)25(18)19)16-30(28,29)15-20-8-3-6-17-5-1-2-9-21(17)20/h1-10,13-14H,11-12,15-16H2,(H,26,27). The van der Waals surface area contributed by atoms with E-state index in [9.17, 15) is 13.2 Å². The molecular formula is C25H21NO3S. The summed E-state index contributed by atoms with van der Waals surface area (Å²) in [5.74, 6) is -1.21. The first-order valence-electron chi connectivity index (χ1n) is 10.0. The molecule has 0 saturated carbocycles. The van der Waals surface area contributed by atoms with E-state index in [1.54, 1.807) is 6.07 Å². The molecule has 0 fully saturated rings. The summed E-state index contributed by atoms with van der Waals surface area (Å²) in [6.45, 7) is 0. The molecule has 0 heterocycles. The molecule has 0 bridgehead atoms. The average molecular weight is 416 g/mol. The third-order valence-corrected chi connectivity index (χ3v) is 7.21. The Kier molecular flexibility index (Phi) is 4.55. The molecule has 4 aromatic carbocycles. The molecule has 0 saturated heterocycles. The van der Waals surface area contributed by atoms with Gasteiger partial charge in [-0.15, -0.1) is 0 Å². The summed E-state index contributed by atoms with van der Waals surface area (Å²) >= 11 is 0.